The van der Waals surface area contributed by atoms with E-state index in [1.165, 1.54) is 12.8 Å². The minimum atomic E-state index is -0.383. The van der Waals surface area contributed by atoms with Gasteiger partial charge in [-0.2, -0.15) is 0 Å². The van der Waals surface area contributed by atoms with E-state index >= 15 is 0 Å². The Bertz CT molecular complexity index is 1190. The third-order valence-corrected chi connectivity index (χ3v) is 6.50. The first-order chi connectivity index (χ1) is 16.6. The fourth-order valence-corrected chi connectivity index (χ4v) is 4.81. The van der Waals surface area contributed by atoms with E-state index in [-0.39, 0.29) is 17.5 Å². The molecule has 0 aliphatic carbocycles. The minimum absolute atomic E-state index is 0.150. The number of carbonyl (C=O) groups excluding carboxylic acids is 1. The third kappa shape index (κ3) is 4.63. The summed E-state index contributed by atoms with van der Waals surface area (Å²) in [7, 11) is 0. The molecule has 3 heterocycles. The van der Waals surface area contributed by atoms with Crippen molar-refractivity contribution in [1.82, 2.24) is 14.9 Å². The Morgan fingerprint density at radius 3 is 2.41 bits per heavy atom. The van der Waals surface area contributed by atoms with Gasteiger partial charge in [-0.25, -0.2) is 9.97 Å². The Morgan fingerprint density at radius 2 is 1.71 bits per heavy atom. The molecule has 178 valence electrons. The maximum absolute atomic E-state index is 13.3. The highest BCUT2D eigenvalue weighted by Crippen LogP contribution is 2.37. The Hall–Kier alpha value is -3.39. The van der Waals surface area contributed by atoms with Crippen LogP contribution < -0.4 is 15.0 Å². The first-order valence-corrected chi connectivity index (χ1v) is 12.2. The number of para-hydroxylation sites is 2. The van der Waals surface area contributed by atoms with E-state index in [0.717, 1.165) is 50.3 Å². The fraction of sp³-hybridized carbons (Fsp3) is 0.423. The van der Waals surface area contributed by atoms with Crippen LogP contribution in [0.4, 0.5) is 11.4 Å². The third-order valence-electron chi connectivity index (χ3n) is 6.50. The zero-order chi connectivity index (χ0) is 23.5. The normalized spacial score (nSPS) is 16.3. The Kier molecular flexibility index (Phi) is 6.49. The molecule has 0 saturated carbocycles. The summed E-state index contributed by atoms with van der Waals surface area (Å²) in [5, 5.41) is 14.1. The Balaban J connectivity index is 1.48. The first-order valence-electron chi connectivity index (χ1n) is 12.2. The Labute approximate surface area is 199 Å². The summed E-state index contributed by atoms with van der Waals surface area (Å²) in [4.78, 5) is 26.9. The van der Waals surface area contributed by atoms with Gasteiger partial charge >= 0.3 is 0 Å². The summed E-state index contributed by atoms with van der Waals surface area (Å²) >= 11 is 0. The van der Waals surface area contributed by atoms with Crippen LogP contribution in [0.1, 0.15) is 48.7 Å². The number of carbonyl (C=O) groups is 1. The molecule has 0 atom stereocenters. The summed E-state index contributed by atoms with van der Waals surface area (Å²) in [5.74, 6) is 0.147. The summed E-state index contributed by atoms with van der Waals surface area (Å²) < 4.78 is 5.65. The molecule has 1 aromatic heterocycles. The highest BCUT2D eigenvalue weighted by atomic mass is 16.5. The topological polar surface area (TPSA) is 90.8 Å². The molecule has 0 radical (unpaired) electrons. The van der Waals surface area contributed by atoms with E-state index in [2.05, 4.69) is 25.1 Å². The number of amides is 1. The van der Waals surface area contributed by atoms with Crippen LogP contribution in [0.15, 0.2) is 36.4 Å². The van der Waals surface area contributed by atoms with Crippen molar-refractivity contribution in [2.45, 2.75) is 39.2 Å². The average Bonchev–Trinajstić information content (AvgIpc) is 3.55. The number of nitrogens with zero attached hydrogens (tertiary/aromatic N) is 4. The zero-order valence-corrected chi connectivity index (χ0v) is 19.6. The lowest BCUT2D eigenvalue weighted by molar-refractivity contribution is 0.101. The second-order valence-corrected chi connectivity index (χ2v) is 8.93. The van der Waals surface area contributed by atoms with Gasteiger partial charge in [0.05, 0.1) is 23.3 Å². The van der Waals surface area contributed by atoms with Crippen LogP contribution >= 0.6 is 0 Å². The van der Waals surface area contributed by atoms with Gasteiger partial charge in [-0.3, -0.25) is 9.69 Å². The van der Waals surface area contributed by atoms with Crippen LogP contribution in [0.25, 0.3) is 11.0 Å². The summed E-state index contributed by atoms with van der Waals surface area (Å²) in [6.45, 7) is 6.75. The predicted molar refractivity (Wildman–Crippen MR) is 133 cm³/mol. The first kappa shape index (κ1) is 22.4. The summed E-state index contributed by atoms with van der Waals surface area (Å²) in [5.41, 5.74) is 3.70. The number of aromatic hydroxyl groups is 1. The minimum Gasteiger partial charge on any atom is -0.505 e. The van der Waals surface area contributed by atoms with Gasteiger partial charge in [-0.15, -0.1) is 0 Å². The molecule has 1 amide bonds. The standard InChI is InChI=1S/C26H31N5O3/c1-2-34-26-23(28-20-9-3-4-10-21(20)29-26)25(33)27-19-15-18(17-30-11-5-6-12-30)24(32)22(16-19)31-13-7-8-14-31/h3-4,9-10,15-16,32H,2,5-8,11-14,17H2,1H3,(H,27,33). The van der Waals surface area contributed by atoms with Crippen LogP contribution in [0.5, 0.6) is 11.6 Å². The molecule has 5 rings (SSSR count). The summed E-state index contributed by atoms with van der Waals surface area (Å²) in [6, 6.07) is 11.2. The van der Waals surface area contributed by atoms with E-state index in [0.29, 0.717) is 35.6 Å². The number of rotatable bonds is 7. The van der Waals surface area contributed by atoms with Gasteiger partial charge in [0.25, 0.3) is 5.91 Å². The number of anilines is 2. The molecule has 3 aromatic rings. The molecule has 2 aromatic carbocycles. The van der Waals surface area contributed by atoms with Crippen molar-refractivity contribution < 1.29 is 14.6 Å². The second kappa shape index (κ2) is 9.85. The van der Waals surface area contributed by atoms with Gasteiger partial charge in [0.2, 0.25) is 5.88 Å². The van der Waals surface area contributed by atoms with Crippen molar-refractivity contribution >= 4 is 28.3 Å². The molecule has 0 bridgehead atoms. The number of phenolic OH excluding ortho intramolecular Hbond substituents is 1. The number of aromatic nitrogens is 2. The van der Waals surface area contributed by atoms with Gasteiger partial charge < -0.3 is 20.1 Å². The van der Waals surface area contributed by atoms with Crippen molar-refractivity contribution in [3.63, 3.8) is 0 Å². The van der Waals surface area contributed by atoms with Crippen molar-refractivity contribution in [1.29, 1.82) is 0 Å². The van der Waals surface area contributed by atoms with Crippen LogP contribution in [-0.2, 0) is 6.54 Å². The number of likely N-dealkylation sites (tertiary alicyclic amines) is 1. The number of hydrogen-bond acceptors (Lipinski definition) is 7. The molecule has 2 saturated heterocycles. The lowest BCUT2D eigenvalue weighted by Crippen LogP contribution is -2.22. The smallest absolute Gasteiger partial charge is 0.279 e. The predicted octanol–water partition coefficient (Wildman–Crippen LogP) is 4.18. The highest BCUT2D eigenvalue weighted by Gasteiger charge is 2.23. The van der Waals surface area contributed by atoms with Crippen LogP contribution in [0.2, 0.25) is 0 Å². The van der Waals surface area contributed by atoms with E-state index in [9.17, 15) is 9.90 Å². The number of phenols is 1. The molecule has 34 heavy (non-hydrogen) atoms. The van der Waals surface area contributed by atoms with Gasteiger partial charge in [0, 0.05) is 30.9 Å². The zero-order valence-electron chi connectivity index (χ0n) is 19.6. The quantitative estimate of drug-likeness (QED) is 0.510. The number of benzene rings is 2. The van der Waals surface area contributed by atoms with Crippen molar-refractivity contribution in [3.8, 4) is 11.6 Å². The lowest BCUT2D eigenvalue weighted by Gasteiger charge is -2.24. The highest BCUT2D eigenvalue weighted by molar-refractivity contribution is 6.05. The van der Waals surface area contributed by atoms with E-state index in [1.807, 2.05) is 43.3 Å². The van der Waals surface area contributed by atoms with E-state index in [4.69, 9.17) is 4.74 Å². The fourth-order valence-electron chi connectivity index (χ4n) is 4.81. The number of nitrogens with one attached hydrogen (secondary N) is 1. The van der Waals surface area contributed by atoms with E-state index < -0.39 is 0 Å². The molecule has 8 nitrogen and oxygen atoms in total. The molecule has 0 unspecified atom stereocenters. The van der Waals surface area contributed by atoms with Gasteiger partial charge in [-0.1, -0.05) is 12.1 Å². The Morgan fingerprint density at radius 1 is 1.03 bits per heavy atom. The van der Waals surface area contributed by atoms with Gasteiger partial charge in [0.1, 0.15) is 5.75 Å². The maximum Gasteiger partial charge on any atom is 0.279 e. The van der Waals surface area contributed by atoms with Crippen LogP contribution in [0.3, 0.4) is 0 Å². The molecule has 2 aliphatic heterocycles. The summed E-state index contributed by atoms with van der Waals surface area (Å²) in [6.07, 6.45) is 4.55. The van der Waals surface area contributed by atoms with E-state index in [1.54, 1.807) is 0 Å². The largest absolute Gasteiger partial charge is 0.505 e. The van der Waals surface area contributed by atoms with Gasteiger partial charge in [0.15, 0.2) is 5.69 Å². The van der Waals surface area contributed by atoms with Crippen molar-refractivity contribution in [2.24, 2.45) is 0 Å². The lowest BCUT2D eigenvalue weighted by atomic mass is 10.1. The monoisotopic (exact) mass is 461 g/mol. The number of hydrogen-bond donors (Lipinski definition) is 2. The maximum atomic E-state index is 13.3. The molecule has 2 N–H and O–H groups in total. The number of ether oxygens (including phenoxy) is 1. The van der Waals surface area contributed by atoms with Crippen LogP contribution in [0, 0.1) is 0 Å². The second-order valence-electron chi connectivity index (χ2n) is 8.93. The molecule has 2 fully saturated rings. The van der Waals surface area contributed by atoms with Gasteiger partial charge in [-0.05, 0) is 70.0 Å². The molecular weight excluding hydrogens is 430 g/mol. The molecule has 0 spiro atoms. The SMILES string of the molecule is CCOc1nc2ccccc2nc1C(=O)Nc1cc(CN2CCCC2)c(O)c(N2CCCC2)c1. The van der Waals surface area contributed by atoms with Crippen LogP contribution in [-0.4, -0.2) is 58.7 Å². The molecule has 8 heteroatoms. The number of fused-ring (bicyclic) bond motifs is 1. The average molecular weight is 462 g/mol. The van der Waals surface area contributed by atoms with Crippen molar-refractivity contribution in [2.75, 3.05) is 43.0 Å². The molecular formula is C26H31N5O3. The van der Waals surface area contributed by atoms with Crippen molar-refractivity contribution in [3.05, 3.63) is 47.7 Å². The molecule has 2 aliphatic rings.